The van der Waals surface area contributed by atoms with Gasteiger partial charge >= 0.3 is 0 Å². The van der Waals surface area contributed by atoms with Crippen molar-refractivity contribution in [3.63, 3.8) is 0 Å². The first-order chi connectivity index (χ1) is 17.4. The summed E-state index contributed by atoms with van der Waals surface area (Å²) in [6.45, 7) is 5.13. The molecule has 0 radical (unpaired) electrons. The Morgan fingerprint density at radius 1 is 1.14 bits per heavy atom. The largest absolute Gasteiger partial charge is 0.384 e. The molecule has 0 unspecified atom stereocenters. The molecule has 0 spiro atoms. The van der Waals surface area contributed by atoms with E-state index in [4.69, 9.17) is 17.3 Å². The predicted molar refractivity (Wildman–Crippen MR) is 147 cm³/mol. The zero-order chi connectivity index (χ0) is 25.0. The third-order valence-electron chi connectivity index (χ3n) is 7.23. The molecule has 5 aromatic rings. The van der Waals surface area contributed by atoms with Gasteiger partial charge in [-0.05, 0) is 49.3 Å². The average molecular weight is 519 g/mol. The van der Waals surface area contributed by atoms with Crippen LogP contribution in [0.3, 0.4) is 0 Å². The fraction of sp³-hybridized carbons (Fsp3) is 0.333. The summed E-state index contributed by atoms with van der Waals surface area (Å²) in [7, 11) is 0. The topological polar surface area (TPSA) is 91.1 Å². The van der Waals surface area contributed by atoms with Gasteiger partial charge in [0, 0.05) is 34.8 Å². The highest BCUT2D eigenvalue weighted by Gasteiger charge is 2.20. The van der Waals surface area contributed by atoms with Crippen molar-refractivity contribution < 1.29 is 0 Å². The molecule has 4 aromatic heterocycles. The van der Waals surface area contributed by atoms with Gasteiger partial charge in [0.1, 0.15) is 10.5 Å². The number of nitrogens with zero attached hydrogens (tertiary/aromatic N) is 5. The fourth-order valence-corrected chi connectivity index (χ4v) is 6.54. The SMILES string of the molecule is Cc1cc(N)n2nc(-c3ccc(-c4cc5c(s4)c(=O)ncn5C[C@H]4CC[C@@H](C)CC4)cc3Cl)cc2n1. The van der Waals surface area contributed by atoms with Crippen LogP contribution in [-0.4, -0.2) is 24.1 Å². The number of benzene rings is 1. The molecule has 0 amide bonds. The van der Waals surface area contributed by atoms with E-state index in [1.165, 1.54) is 37.0 Å². The number of aromatic nitrogens is 5. The third kappa shape index (κ3) is 4.18. The lowest BCUT2D eigenvalue weighted by Gasteiger charge is -2.26. The highest BCUT2D eigenvalue weighted by Crippen LogP contribution is 2.37. The Hall–Kier alpha value is -3.23. The van der Waals surface area contributed by atoms with Gasteiger partial charge in [0.2, 0.25) is 0 Å². The lowest BCUT2D eigenvalue weighted by Crippen LogP contribution is -2.19. The Kier molecular flexibility index (Phi) is 5.80. The van der Waals surface area contributed by atoms with Crippen LogP contribution in [0.15, 0.2) is 47.5 Å². The second kappa shape index (κ2) is 9.01. The molecule has 1 aromatic carbocycles. The van der Waals surface area contributed by atoms with Crippen LogP contribution >= 0.6 is 22.9 Å². The summed E-state index contributed by atoms with van der Waals surface area (Å²) in [4.78, 5) is 22.2. The van der Waals surface area contributed by atoms with Gasteiger partial charge in [-0.3, -0.25) is 4.79 Å². The zero-order valence-corrected chi connectivity index (χ0v) is 21.8. The first-order valence-corrected chi connectivity index (χ1v) is 13.5. The monoisotopic (exact) mass is 518 g/mol. The van der Waals surface area contributed by atoms with Crippen LogP contribution in [0.2, 0.25) is 5.02 Å². The number of hydrogen-bond donors (Lipinski definition) is 1. The first kappa shape index (κ1) is 23.2. The quantitative estimate of drug-likeness (QED) is 0.305. The molecular formula is C27H27ClN6OS. The van der Waals surface area contributed by atoms with E-state index in [1.54, 1.807) is 16.9 Å². The summed E-state index contributed by atoms with van der Waals surface area (Å²) in [5.41, 5.74) is 10.9. The van der Waals surface area contributed by atoms with Crippen molar-refractivity contribution >= 4 is 44.6 Å². The second-order valence-electron chi connectivity index (χ2n) is 9.97. The summed E-state index contributed by atoms with van der Waals surface area (Å²) in [5.74, 6) is 1.97. The summed E-state index contributed by atoms with van der Waals surface area (Å²) in [6.07, 6.45) is 6.71. The van der Waals surface area contributed by atoms with Crippen LogP contribution in [0.5, 0.6) is 0 Å². The lowest BCUT2D eigenvalue weighted by molar-refractivity contribution is 0.266. The standard InChI is InChI=1S/C27H27ClN6OS/c1-15-3-5-17(6-4-15)13-33-14-30-27(35)26-22(33)12-23(36-26)18-7-8-19(20(28)10-18)21-11-25-31-16(2)9-24(29)34(25)32-21/h7-12,14-15,17H,3-6,13,29H2,1-2H3/t15-,17+. The number of aryl methyl sites for hydroxylation is 1. The van der Waals surface area contributed by atoms with E-state index >= 15 is 0 Å². The van der Waals surface area contributed by atoms with Gasteiger partial charge < -0.3 is 10.3 Å². The average Bonchev–Trinajstić information content (AvgIpc) is 3.48. The molecule has 1 fully saturated rings. The smallest absolute Gasteiger partial charge is 0.290 e. The van der Waals surface area contributed by atoms with E-state index in [-0.39, 0.29) is 5.56 Å². The molecule has 36 heavy (non-hydrogen) atoms. The van der Waals surface area contributed by atoms with E-state index in [0.29, 0.717) is 32.8 Å². The van der Waals surface area contributed by atoms with Gasteiger partial charge in [0.15, 0.2) is 5.65 Å². The van der Waals surface area contributed by atoms with Crippen LogP contribution in [0, 0.1) is 18.8 Å². The first-order valence-electron chi connectivity index (χ1n) is 12.3. The van der Waals surface area contributed by atoms with Crippen LogP contribution in [-0.2, 0) is 6.54 Å². The number of anilines is 1. The van der Waals surface area contributed by atoms with Crippen LogP contribution in [0.1, 0.15) is 38.3 Å². The maximum Gasteiger partial charge on any atom is 0.290 e. The van der Waals surface area contributed by atoms with Crippen molar-refractivity contribution in [3.8, 4) is 21.7 Å². The van der Waals surface area contributed by atoms with Crippen molar-refractivity contribution in [1.82, 2.24) is 24.1 Å². The maximum atomic E-state index is 12.6. The number of fused-ring (bicyclic) bond motifs is 2. The van der Waals surface area contributed by atoms with Gasteiger partial charge in [-0.1, -0.05) is 43.5 Å². The Bertz CT molecular complexity index is 1660. The molecule has 184 valence electrons. The third-order valence-corrected chi connectivity index (χ3v) is 8.71. The number of halogens is 1. The number of hydrogen-bond acceptors (Lipinski definition) is 6. The van der Waals surface area contributed by atoms with E-state index in [2.05, 4.69) is 32.6 Å². The second-order valence-corrected chi connectivity index (χ2v) is 11.4. The predicted octanol–water partition coefficient (Wildman–Crippen LogP) is 6.21. The van der Waals surface area contributed by atoms with Gasteiger partial charge in [0.25, 0.3) is 5.56 Å². The highest BCUT2D eigenvalue weighted by molar-refractivity contribution is 7.22. The molecule has 0 saturated heterocycles. The molecule has 2 N–H and O–H groups in total. The van der Waals surface area contributed by atoms with Crippen molar-refractivity contribution in [3.05, 3.63) is 63.8 Å². The summed E-state index contributed by atoms with van der Waals surface area (Å²) in [5, 5.41) is 5.18. The maximum absolute atomic E-state index is 12.6. The number of nitrogen functional groups attached to an aromatic ring is 1. The Balaban J connectivity index is 1.34. The molecule has 1 aliphatic rings. The molecular weight excluding hydrogens is 492 g/mol. The molecule has 4 heterocycles. The van der Waals surface area contributed by atoms with E-state index in [1.807, 2.05) is 31.2 Å². The minimum absolute atomic E-state index is 0.178. The normalized spacial score (nSPS) is 18.3. The van der Waals surface area contributed by atoms with Gasteiger partial charge in [0.05, 0.1) is 22.6 Å². The molecule has 9 heteroatoms. The van der Waals surface area contributed by atoms with Crippen molar-refractivity contribution in [2.45, 2.75) is 46.1 Å². The molecule has 0 atom stereocenters. The zero-order valence-electron chi connectivity index (χ0n) is 20.2. The Morgan fingerprint density at radius 3 is 2.72 bits per heavy atom. The highest BCUT2D eigenvalue weighted by atomic mass is 35.5. The molecule has 0 aliphatic heterocycles. The van der Waals surface area contributed by atoms with Gasteiger partial charge in [-0.2, -0.15) is 14.6 Å². The fourth-order valence-electron chi connectivity index (χ4n) is 5.21. The van der Waals surface area contributed by atoms with Crippen LogP contribution in [0.25, 0.3) is 37.6 Å². The number of nitrogens with two attached hydrogens (primary N) is 1. The minimum Gasteiger partial charge on any atom is -0.384 e. The van der Waals surface area contributed by atoms with E-state index in [9.17, 15) is 4.79 Å². The molecule has 6 rings (SSSR count). The van der Waals surface area contributed by atoms with Gasteiger partial charge in [-0.25, -0.2) is 4.98 Å². The molecule has 1 aliphatic carbocycles. The minimum atomic E-state index is -0.178. The summed E-state index contributed by atoms with van der Waals surface area (Å²) in [6, 6.07) is 11.7. The Morgan fingerprint density at radius 2 is 1.94 bits per heavy atom. The van der Waals surface area contributed by atoms with E-state index < -0.39 is 0 Å². The van der Waals surface area contributed by atoms with Crippen molar-refractivity contribution in [2.24, 2.45) is 11.8 Å². The lowest BCUT2D eigenvalue weighted by atomic mass is 9.83. The number of rotatable bonds is 4. The molecule has 7 nitrogen and oxygen atoms in total. The van der Waals surface area contributed by atoms with E-state index in [0.717, 1.165) is 39.7 Å². The summed E-state index contributed by atoms with van der Waals surface area (Å²) < 4.78 is 4.46. The molecule has 1 saturated carbocycles. The summed E-state index contributed by atoms with van der Waals surface area (Å²) >= 11 is 8.21. The van der Waals surface area contributed by atoms with Gasteiger partial charge in [-0.15, -0.1) is 11.3 Å². The number of thiophene rings is 1. The van der Waals surface area contributed by atoms with Crippen molar-refractivity contribution in [2.75, 3.05) is 5.73 Å². The Labute approximate surface area is 217 Å². The van der Waals surface area contributed by atoms with Crippen LogP contribution < -0.4 is 11.3 Å². The molecule has 0 bridgehead atoms. The van der Waals surface area contributed by atoms with Crippen molar-refractivity contribution in [1.29, 1.82) is 0 Å². The van der Waals surface area contributed by atoms with Crippen LogP contribution in [0.4, 0.5) is 5.82 Å².